The van der Waals surface area contributed by atoms with E-state index in [1.807, 2.05) is 13.1 Å². The fourth-order valence-electron chi connectivity index (χ4n) is 2.43. The molecular formula is C12H14N4O2. The molecule has 0 spiro atoms. The maximum atomic E-state index is 12.1. The maximum Gasteiger partial charge on any atom is 0.291 e. The van der Waals surface area contributed by atoms with Gasteiger partial charge in [0.2, 0.25) is 5.76 Å². The summed E-state index contributed by atoms with van der Waals surface area (Å²) in [4.78, 5) is 17.6. The van der Waals surface area contributed by atoms with Crippen molar-refractivity contribution in [2.75, 3.05) is 13.1 Å². The Labute approximate surface area is 104 Å². The minimum absolute atomic E-state index is 0.0906. The van der Waals surface area contributed by atoms with Crippen LogP contribution in [-0.4, -0.2) is 39.1 Å². The number of nitrogens with one attached hydrogen (secondary N) is 1. The number of aromatic nitrogens is 3. The minimum Gasteiger partial charge on any atom is -0.438 e. The molecule has 1 aliphatic rings. The maximum absolute atomic E-state index is 12.1. The van der Waals surface area contributed by atoms with E-state index in [0.717, 1.165) is 24.2 Å². The Morgan fingerprint density at radius 3 is 3.11 bits per heavy atom. The Kier molecular flexibility index (Phi) is 2.62. The Hall–Kier alpha value is -2.11. The molecule has 0 saturated carbocycles. The lowest BCUT2D eigenvalue weighted by Gasteiger charge is -2.14. The molecule has 18 heavy (non-hydrogen) atoms. The van der Waals surface area contributed by atoms with Gasteiger partial charge >= 0.3 is 0 Å². The first-order valence-corrected chi connectivity index (χ1v) is 5.93. The molecule has 1 N–H and O–H groups in total. The van der Waals surface area contributed by atoms with Crippen molar-refractivity contribution < 1.29 is 9.21 Å². The second-order valence-electron chi connectivity index (χ2n) is 4.57. The third kappa shape index (κ3) is 1.79. The van der Waals surface area contributed by atoms with Crippen molar-refractivity contribution in [3.63, 3.8) is 0 Å². The standard InChI is InChI=1S/C12H14N4O2/c1-8-4-14-15-11(8)9-2-3-16(6-9)12(17)10-5-13-7-18-10/h4-5,7,9H,2-3,6H2,1H3,(H,14,15). The molecule has 2 aromatic rings. The van der Waals surface area contributed by atoms with Gasteiger partial charge in [-0.15, -0.1) is 0 Å². The molecule has 2 aromatic heterocycles. The summed E-state index contributed by atoms with van der Waals surface area (Å²) in [5.74, 6) is 0.545. The zero-order chi connectivity index (χ0) is 12.5. The van der Waals surface area contributed by atoms with Gasteiger partial charge in [-0.25, -0.2) is 4.98 Å². The third-order valence-electron chi connectivity index (χ3n) is 3.39. The van der Waals surface area contributed by atoms with Crippen LogP contribution in [0.5, 0.6) is 0 Å². The van der Waals surface area contributed by atoms with Crippen molar-refractivity contribution in [3.8, 4) is 0 Å². The number of hydrogen-bond donors (Lipinski definition) is 1. The van der Waals surface area contributed by atoms with Gasteiger partial charge in [-0.1, -0.05) is 0 Å². The number of carbonyl (C=O) groups is 1. The zero-order valence-electron chi connectivity index (χ0n) is 10.1. The van der Waals surface area contributed by atoms with Crippen LogP contribution in [0.25, 0.3) is 0 Å². The lowest BCUT2D eigenvalue weighted by molar-refractivity contribution is 0.0759. The van der Waals surface area contributed by atoms with Gasteiger partial charge in [0.05, 0.1) is 12.4 Å². The minimum atomic E-state index is -0.0906. The average molecular weight is 246 g/mol. The fraction of sp³-hybridized carbons (Fsp3) is 0.417. The number of aryl methyl sites for hydroxylation is 1. The van der Waals surface area contributed by atoms with E-state index in [2.05, 4.69) is 15.2 Å². The molecule has 0 bridgehead atoms. The van der Waals surface area contributed by atoms with Crippen LogP contribution in [0.1, 0.15) is 34.2 Å². The van der Waals surface area contributed by atoms with Crippen LogP contribution in [0.2, 0.25) is 0 Å². The highest BCUT2D eigenvalue weighted by molar-refractivity contribution is 5.91. The van der Waals surface area contributed by atoms with Crippen molar-refractivity contribution in [2.45, 2.75) is 19.3 Å². The first kappa shape index (κ1) is 11.0. The van der Waals surface area contributed by atoms with E-state index in [9.17, 15) is 4.79 Å². The van der Waals surface area contributed by atoms with Gasteiger partial charge in [0.15, 0.2) is 6.39 Å². The number of carbonyl (C=O) groups excluding carboxylic acids is 1. The van der Waals surface area contributed by atoms with E-state index in [1.165, 1.54) is 12.6 Å². The van der Waals surface area contributed by atoms with E-state index in [0.29, 0.717) is 18.2 Å². The molecule has 94 valence electrons. The Morgan fingerprint density at radius 2 is 2.44 bits per heavy atom. The lowest BCUT2D eigenvalue weighted by Crippen LogP contribution is -2.28. The number of amides is 1. The van der Waals surface area contributed by atoms with E-state index < -0.39 is 0 Å². The van der Waals surface area contributed by atoms with E-state index in [1.54, 1.807) is 4.90 Å². The molecule has 1 unspecified atom stereocenters. The van der Waals surface area contributed by atoms with E-state index >= 15 is 0 Å². The molecular weight excluding hydrogens is 232 g/mol. The Morgan fingerprint density at radius 1 is 1.56 bits per heavy atom. The van der Waals surface area contributed by atoms with Gasteiger partial charge < -0.3 is 9.32 Å². The van der Waals surface area contributed by atoms with Gasteiger partial charge in [-0.05, 0) is 18.9 Å². The average Bonchev–Trinajstić information content (AvgIpc) is 3.09. The topological polar surface area (TPSA) is 75.0 Å². The highest BCUT2D eigenvalue weighted by Gasteiger charge is 2.30. The first-order valence-electron chi connectivity index (χ1n) is 5.93. The summed E-state index contributed by atoms with van der Waals surface area (Å²) >= 11 is 0. The molecule has 3 rings (SSSR count). The molecule has 1 amide bonds. The molecule has 1 atom stereocenters. The van der Waals surface area contributed by atoms with Crippen LogP contribution >= 0.6 is 0 Å². The quantitative estimate of drug-likeness (QED) is 0.867. The van der Waals surface area contributed by atoms with Gasteiger partial charge in [0, 0.05) is 24.7 Å². The van der Waals surface area contributed by atoms with E-state index in [4.69, 9.17) is 4.42 Å². The predicted octanol–water partition coefficient (Wildman–Crippen LogP) is 1.34. The van der Waals surface area contributed by atoms with Crippen molar-refractivity contribution in [2.24, 2.45) is 0 Å². The molecule has 6 heteroatoms. The summed E-state index contributed by atoms with van der Waals surface area (Å²) in [7, 11) is 0. The van der Waals surface area contributed by atoms with Crippen molar-refractivity contribution >= 4 is 5.91 Å². The summed E-state index contributed by atoms with van der Waals surface area (Å²) < 4.78 is 5.03. The molecule has 6 nitrogen and oxygen atoms in total. The predicted molar refractivity (Wildman–Crippen MR) is 63.1 cm³/mol. The third-order valence-corrected chi connectivity index (χ3v) is 3.39. The van der Waals surface area contributed by atoms with Crippen LogP contribution in [-0.2, 0) is 0 Å². The summed E-state index contributed by atoms with van der Waals surface area (Å²) in [6.45, 7) is 3.46. The number of nitrogens with zero attached hydrogens (tertiary/aromatic N) is 3. The second-order valence-corrected chi connectivity index (χ2v) is 4.57. The molecule has 1 aliphatic heterocycles. The summed E-state index contributed by atoms with van der Waals surface area (Å²) in [6.07, 6.45) is 5.50. The van der Waals surface area contributed by atoms with Gasteiger partial charge in [0.25, 0.3) is 5.91 Å². The van der Waals surface area contributed by atoms with Crippen LogP contribution in [0.4, 0.5) is 0 Å². The number of hydrogen-bond acceptors (Lipinski definition) is 4. The SMILES string of the molecule is Cc1cn[nH]c1C1CCN(C(=O)c2cnco2)C1. The lowest BCUT2D eigenvalue weighted by atomic mass is 10.0. The number of oxazole rings is 1. The second kappa shape index (κ2) is 4.29. The zero-order valence-corrected chi connectivity index (χ0v) is 10.1. The van der Waals surface area contributed by atoms with Crippen LogP contribution in [0.15, 0.2) is 23.2 Å². The van der Waals surface area contributed by atoms with Gasteiger partial charge in [-0.3, -0.25) is 9.89 Å². The number of likely N-dealkylation sites (tertiary alicyclic amines) is 1. The largest absolute Gasteiger partial charge is 0.438 e. The number of H-pyrrole nitrogens is 1. The highest BCUT2D eigenvalue weighted by Crippen LogP contribution is 2.28. The molecule has 0 aromatic carbocycles. The molecule has 0 aliphatic carbocycles. The van der Waals surface area contributed by atoms with Crippen LogP contribution < -0.4 is 0 Å². The van der Waals surface area contributed by atoms with Gasteiger partial charge in [0.1, 0.15) is 0 Å². The monoisotopic (exact) mass is 246 g/mol. The van der Waals surface area contributed by atoms with Crippen LogP contribution in [0.3, 0.4) is 0 Å². The first-order chi connectivity index (χ1) is 8.75. The highest BCUT2D eigenvalue weighted by atomic mass is 16.3. The fourth-order valence-corrected chi connectivity index (χ4v) is 2.43. The van der Waals surface area contributed by atoms with Crippen LogP contribution in [0, 0.1) is 6.92 Å². The molecule has 3 heterocycles. The normalized spacial score (nSPS) is 19.4. The van der Waals surface area contributed by atoms with E-state index in [-0.39, 0.29) is 5.91 Å². The van der Waals surface area contributed by atoms with Gasteiger partial charge in [-0.2, -0.15) is 5.10 Å². The number of rotatable bonds is 2. The van der Waals surface area contributed by atoms with Crippen molar-refractivity contribution in [1.29, 1.82) is 0 Å². The molecule has 0 radical (unpaired) electrons. The number of aromatic amines is 1. The molecule has 1 saturated heterocycles. The molecule has 1 fully saturated rings. The van der Waals surface area contributed by atoms with Crippen molar-refractivity contribution in [1.82, 2.24) is 20.1 Å². The summed E-state index contributed by atoms with van der Waals surface area (Å²) in [6, 6.07) is 0. The Bertz CT molecular complexity index is 546. The summed E-state index contributed by atoms with van der Waals surface area (Å²) in [5.41, 5.74) is 2.27. The van der Waals surface area contributed by atoms with Crippen molar-refractivity contribution in [3.05, 3.63) is 35.8 Å². The summed E-state index contributed by atoms with van der Waals surface area (Å²) in [5, 5.41) is 7.05. The smallest absolute Gasteiger partial charge is 0.291 e. The Balaban J connectivity index is 1.73.